The van der Waals surface area contributed by atoms with E-state index in [9.17, 15) is 18.0 Å². The summed E-state index contributed by atoms with van der Waals surface area (Å²) in [7, 11) is -1.89. The quantitative estimate of drug-likeness (QED) is 0.689. The first-order valence-electron chi connectivity index (χ1n) is 10.7. The van der Waals surface area contributed by atoms with Crippen molar-refractivity contribution in [3.63, 3.8) is 0 Å². The number of aryl methyl sites for hydroxylation is 1. The van der Waals surface area contributed by atoms with E-state index in [4.69, 9.17) is 4.74 Å². The molecule has 0 saturated carbocycles. The molecule has 0 bridgehead atoms. The number of piperidine rings is 1. The third-order valence-corrected chi connectivity index (χ3v) is 8.10. The van der Waals surface area contributed by atoms with Gasteiger partial charge in [-0.1, -0.05) is 6.42 Å². The maximum Gasteiger partial charge on any atom is 0.270 e. The molecule has 10 heteroatoms. The SMILES string of the molecule is Cn1cc(S(=O)(=O)N2CCCCC2)cc1C(=O)N1CCN(C(=O)C2CCCO2)CC1. The Morgan fingerprint density at radius 3 is 2.27 bits per heavy atom. The minimum absolute atomic E-state index is 0.00776. The van der Waals surface area contributed by atoms with Crippen molar-refractivity contribution in [1.82, 2.24) is 18.7 Å². The van der Waals surface area contributed by atoms with E-state index in [0.29, 0.717) is 51.6 Å². The van der Waals surface area contributed by atoms with Gasteiger partial charge in [-0.2, -0.15) is 4.31 Å². The molecule has 30 heavy (non-hydrogen) atoms. The lowest BCUT2D eigenvalue weighted by Crippen LogP contribution is -2.53. The van der Waals surface area contributed by atoms with Crippen LogP contribution in [0.15, 0.2) is 17.2 Å². The lowest BCUT2D eigenvalue weighted by atomic mass is 10.2. The summed E-state index contributed by atoms with van der Waals surface area (Å²) in [5.41, 5.74) is 0.351. The van der Waals surface area contributed by atoms with Crippen molar-refractivity contribution in [3.8, 4) is 0 Å². The summed E-state index contributed by atoms with van der Waals surface area (Å²) in [6.45, 7) is 3.47. The largest absolute Gasteiger partial charge is 0.368 e. The minimum Gasteiger partial charge on any atom is -0.368 e. The van der Waals surface area contributed by atoms with E-state index in [0.717, 1.165) is 32.1 Å². The summed E-state index contributed by atoms with van der Waals surface area (Å²) in [6, 6.07) is 1.48. The van der Waals surface area contributed by atoms with Crippen molar-refractivity contribution < 1.29 is 22.7 Å². The first-order chi connectivity index (χ1) is 14.4. The molecule has 166 valence electrons. The fourth-order valence-electron chi connectivity index (χ4n) is 4.41. The summed E-state index contributed by atoms with van der Waals surface area (Å²) >= 11 is 0. The Morgan fingerprint density at radius 1 is 0.967 bits per heavy atom. The van der Waals surface area contributed by atoms with Gasteiger partial charge in [-0.3, -0.25) is 9.59 Å². The molecule has 1 unspecified atom stereocenters. The van der Waals surface area contributed by atoms with Gasteiger partial charge in [0, 0.05) is 59.1 Å². The number of carbonyl (C=O) groups is 2. The molecule has 4 heterocycles. The van der Waals surface area contributed by atoms with Gasteiger partial charge < -0.3 is 19.1 Å². The number of amides is 2. The third-order valence-electron chi connectivity index (χ3n) is 6.24. The zero-order chi connectivity index (χ0) is 21.3. The van der Waals surface area contributed by atoms with Gasteiger partial charge in [-0.15, -0.1) is 0 Å². The predicted molar refractivity (Wildman–Crippen MR) is 109 cm³/mol. The molecular weight excluding hydrogens is 408 g/mol. The molecule has 0 N–H and O–H groups in total. The Balaban J connectivity index is 1.41. The van der Waals surface area contributed by atoms with Crippen LogP contribution in [-0.4, -0.2) is 90.9 Å². The van der Waals surface area contributed by atoms with E-state index < -0.39 is 10.0 Å². The molecular formula is C20H30N4O5S. The average Bonchev–Trinajstić information content (AvgIpc) is 3.44. The van der Waals surface area contributed by atoms with Crippen LogP contribution in [0, 0.1) is 0 Å². The standard InChI is InChI=1S/C20H30N4O5S/c1-21-15-16(30(27,28)24-7-3-2-4-8-24)14-17(21)19(25)22-9-11-23(12-10-22)20(26)18-6-5-13-29-18/h14-15,18H,2-13H2,1H3. The summed E-state index contributed by atoms with van der Waals surface area (Å²) in [5, 5.41) is 0. The van der Waals surface area contributed by atoms with Crippen LogP contribution in [0.2, 0.25) is 0 Å². The first-order valence-corrected chi connectivity index (χ1v) is 12.2. The molecule has 3 aliphatic rings. The highest BCUT2D eigenvalue weighted by Crippen LogP contribution is 2.23. The predicted octanol–water partition coefficient (Wildman–Crippen LogP) is 0.663. The van der Waals surface area contributed by atoms with E-state index in [1.165, 1.54) is 16.6 Å². The smallest absolute Gasteiger partial charge is 0.270 e. The summed E-state index contributed by atoms with van der Waals surface area (Å²) < 4.78 is 34.4. The van der Waals surface area contributed by atoms with Crippen molar-refractivity contribution in [3.05, 3.63) is 18.0 Å². The number of hydrogen-bond acceptors (Lipinski definition) is 5. The first kappa shape index (κ1) is 21.3. The molecule has 4 rings (SSSR count). The van der Waals surface area contributed by atoms with Gasteiger partial charge >= 0.3 is 0 Å². The van der Waals surface area contributed by atoms with E-state index in [-0.39, 0.29) is 22.8 Å². The van der Waals surface area contributed by atoms with Crippen molar-refractivity contribution in [2.45, 2.75) is 43.1 Å². The Bertz CT molecular complexity index is 892. The molecule has 0 aliphatic carbocycles. The lowest BCUT2D eigenvalue weighted by molar-refractivity contribution is -0.142. The fraction of sp³-hybridized carbons (Fsp3) is 0.700. The monoisotopic (exact) mass is 438 g/mol. The number of nitrogens with zero attached hydrogens (tertiary/aromatic N) is 4. The molecule has 0 radical (unpaired) electrons. The second-order valence-electron chi connectivity index (χ2n) is 8.26. The molecule has 1 atom stereocenters. The maximum absolute atomic E-state index is 13.0. The Labute approximate surface area is 177 Å². The van der Waals surface area contributed by atoms with E-state index in [2.05, 4.69) is 0 Å². The van der Waals surface area contributed by atoms with Crippen LogP contribution in [0.25, 0.3) is 0 Å². The molecule has 2 amide bonds. The number of piperazine rings is 1. The highest BCUT2D eigenvalue weighted by atomic mass is 32.2. The number of aromatic nitrogens is 1. The van der Waals surface area contributed by atoms with Gasteiger partial charge in [0.05, 0.1) is 0 Å². The number of sulfonamides is 1. The van der Waals surface area contributed by atoms with Gasteiger partial charge in [-0.25, -0.2) is 8.42 Å². The van der Waals surface area contributed by atoms with Crippen molar-refractivity contribution in [2.24, 2.45) is 7.05 Å². The van der Waals surface area contributed by atoms with Crippen LogP contribution in [0.3, 0.4) is 0 Å². The molecule has 3 aliphatic heterocycles. The third kappa shape index (κ3) is 4.13. The molecule has 1 aromatic rings. The van der Waals surface area contributed by atoms with Crippen LogP contribution < -0.4 is 0 Å². The van der Waals surface area contributed by atoms with Gasteiger partial charge in [0.25, 0.3) is 11.8 Å². The van der Waals surface area contributed by atoms with E-state index in [1.807, 2.05) is 0 Å². The Morgan fingerprint density at radius 2 is 1.63 bits per heavy atom. The van der Waals surface area contributed by atoms with E-state index in [1.54, 1.807) is 21.4 Å². The Kier molecular flexibility index (Phi) is 6.17. The number of carbonyl (C=O) groups excluding carboxylic acids is 2. The average molecular weight is 439 g/mol. The van der Waals surface area contributed by atoms with Crippen LogP contribution in [0.1, 0.15) is 42.6 Å². The van der Waals surface area contributed by atoms with Gasteiger partial charge in [-0.05, 0) is 31.7 Å². The minimum atomic E-state index is -3.58. The Hall–Kier alpha value is -1.91. The number of rotatable bonds is 4. The molecule has 3 fully saturated rings. The topological polar surface area (TPSA) is 92.2 Å². The zero-order valence-corrected chi connectivity index (χ0v) is 18.3. The van der Waals surface area contributed by atoms with Crippen LogP contribution in [0.4, 0.5) is 0 Å². The molecule has 3 saturated heterocycles. The zero-order valence-electron chi connectivity index (χ0n) is 17.5. The summed E-state index contributed by atoms with van der Waals surface area (Å²) in [6.07, 6.45) is 5.63. The van der Waals surface area contributed by atoms with Crippen LogP contribution in [0.5, 0.6) is 0 Å². The molecule has 0 aromatic carbocycles. The normalized spacial score (nSPS) is 23.7. The van der Waals surface area contributed by atoms with Crippen LogP contribution in [-0.2, 0) is 26.6 Å². The summed E-state index contributed by atoms with van der Waals surface area (Å²) in [4.78, 5) is 29.1. The summed E-state index contributed by atoms with van der Waals surface area (Å²) in [5.74, 6) is -0.199. The van der Waals surface area contributed by atoms with Gasteiger partial charge in [0.1, 0.15) is 16.7 Å². The van der Waals surface area contributed by atoms with Gasteiger partial charge in [0.2, 0.25) is 10.0 Å². The second-order valence-corrected chi connectivity index (χ2v) is 10.2. The molecule has 9 nitrogen and oxygen atoms in total. The molecule has 1 aromatic heterocycles. The van der Waals surface area contributed by atoms with Crippen molar-refractivity contribution in [1.29, 1.82) is 0 Å². The maximum atomic E-state index is 13.0. The van der Waals surface area contributed by atoms with Crippen molar-refractivity contribution >= 4 is 21.8 Å². The van der Waals surface area contributed by atoms with Gasteiger partial charge in [0.15, 0.2) is 0 Å². The molecule has 0 spiro atoms. The van der Waals surface area contributed by atoms with Crippen molar-refractivity contribution in [2.75, 3.05) is 45.9 Å². The number of hydrogen-bond donors (Lipinski definition) is 0. The highest BCUT2D eigenvalue weighted by Gasteiger charge is 2.33. The highest BCUT2D eigenvalue weighted by molar-refractivity contribution is 7.89. The fourth-order valence-corrected chi connectivity index (χ4v) is 6.00. The van der Waals surface area contributed by atoms with Crippen LogP contribution >= 0.6 is 0 Å². The second kappa shape index (κ2) is 8.68. The number of ether oxygens (including phenoxy) is 1. The van der Waals surface area contributed by atoms with E-state index >= 15 is 0 Å². The lowest BCUT2D eigenvalue weighted by Gasteiger charge is -2.35.